The van der Waals surface area contributed by atoms with Gasteiger partial charge in [0, 0.05) is 0 Å². The second-order valence-corrected chi connectivity index (χ2v) is 5.73. The summed E-state index contributed by atoms with van der Waals surface area (Å²) in [4.78, 5) is 10.1. The van der Waals surface area contributed by atoms with E-state index in [9.17, 15) is 4.79 Å². The number of carbonyl (C=O) groups is 1. The summed E-state index contributed by atoms with van der Waals surface area (Å²) < 4.78 is 0. The Bertz CT molecular complexity index is 332. The molecule has 0 aromatic carbocycles. The molecule has 9 nitrogen and oxygen atoms in total. The van der Waals surface area contributed by atoms with Crippen molar-refractivity contribution >= 4 is 15.4 Å². The minimum absolute atomic E-state index is 0.545. The van der Waals surface area contributed by atoms with Crippen LogP contribution in [0.15, 0.2) is 0 Å². The van der Waals surface area contributed by atoms with Crippen LogP contribution in [0.25, 0.3) is 11.5 Å². The third-order valence-corrected chi connectivity index (χ3v) is 4.10. The summed E-state index contributed by atoms with van der Waals surface area (Å²) in [5.74, 6) is -0.630. The number of hydrogen-bond acceptors (Lipinski definition) is 6. The quantitative estimate of drug-likeness (QED) is 0.252. The van der Waals surface area contributed by atoms with Gasteiger partial charge in [0.25, 0.3) is 0 Å². The summed E-state index contributed by atoms with van der Waals surface area (Å²) >= 11 is 1.61. The summed E-state index contributed by atoms with van der Waals surface area (Å²) in [5.41, 5.74) is 14.5. The number of carboxylic acids is 1. The van der Waals surface area contributed by atoms with E-state index in [-0.39, 0.29) is 0 Å². The molecule has 1 aliphatic carbocycles. The fraction of sp³-hybridized carbons (Fsp3) is 0.929. The van der Waals surface area contributed by atoms with E-state index in [0.29, 0.717) is 24.9 Å². The molecule has 1 rings (SSSR count). The van der Waals surface area contributed by atoms with Crippen LogP contribution >= 0.6 is 9.42 Å². The topological polar surface area (TPSA) is 186 Å². The smallest absolute Gasteiger partial charge is 0.0519 e. The van der Waals surface area contributed by atoms with E-state index < -0.39 is 37.0 Å². The van der Waals surface area contributed by atoms with E-state index in [1.807, 2.05) is 0 Å². The minimum Gasteiger partial charge on any atom is -0.677 e. The Hall–Kier alpha value is 0.168. The van der Waals surface area contributed by atoms with E-state index in [1.165, 1.54) is 25.7 Å². The number of aliphatic hydroxyl groups excluding tert-OH is 5. The van der Waals surface area contributed by atoms with Crippen molar-refractivity contribution in [2.75, 3.05) is 19.7 Å². The van der Waals surface area contributed by atoms with Gasteiger partial charge < -0.3 is 42.1 Å². The van der Waals surface area contributed by atoms with Crippen molar-refractivity contribution in [3.8, 4) is 0 Å². The summed E-state index contributed by atoms with van der Waals surface area (Å²) in [6.45, 7) is 0.248. The van der Waals surface area contributed by atoms with Crippen molar-refractivity contribution in [3.05, 3.63) is 11.5 Å². The van der Waals surface area contributed by atoms with E-state index >= 15 is 0 Å². The number of aliphatic carboxylic acids is 1. The van der Waals surface area contributed by atoms with E-state index in [2.05, 4.69) is 9.42 Å². The summed E-state index contributed by atoms with van der Waals surface area (Å²) in [6, 6.07) is 0. The van der Waals surface area contributed by atoms with Crippen LogP contribution in [0.4, 0.5) is 0 Å². The number of hydrogen-bond donors (Lipinski definition) is 6. The van der Waals surface area contributed by atoms with Crippen molar-refractivity contribution < 1.29 is 54.2 Å². The molecule has 6 unspecified atom stereocenters. The Morgan fingerprint density at radius 2 is 1.40 bits per heavy atom. The first kappa shape index (κ1) is 27.4. The molecule has 1 aliphatic rings. The van der Waals surface area contributed by atoms with Crippen LogP contribution in [0.2, 0.25) is 0 Å². The van der Waals surface area contributed by atoms with Crippen molar-refractivity contribution in [3.63, 3.8) is 0 Å². The SMILES string of the molecule is O=C(O)C(O)C(O)C(O)C(O)CO.[Cl][Pt].[NH-]CC1CCCCC1C[NH-]. The molecule has 0 saturated heterocycles. The van der Waals surface area contributed by atoms with Crippen LogP contribution in [0, 0.1) is 11.8 Å². The molecule has 155 valence electrons. The average molecular weight is 567 g/mol. The summed E-state index contributed by atoms with van der Waals surface area (Å²) in [7, 11) is 4.61. The monoisotopic (exact) mass is 566 g/mol. The average Bonchev–Trinajstić information content (AvgIpc) is 2.67. The normalized spacial score (nSPS) is 24.6. The second-order valence-electron chi connectivity index (χ2n) is 5.73. The molecule has 0 amide bonds. The maximum atomic E-state index is 10.1. The minimum atomic E-state index is -2.20. The van der Waals surface area contributed by atoms with Gasteiger partial charge in [-0.25, -0.2) is 4.79 Å². The fourth-order valence-electron chi connectivity index (χ4n) is 2.49. The molecule has 0 aromatic rings. The Morgan fingerprint density at radius 3 is 1.68 bits per heavy atom. The van der Waals surface area contributed by atoms with Gasteiger partial charge in [-0.1, -0.05) is 37.5 Å². The zero-order chi connectivity index (χ0) is 20.0. The Balaban J connectivity index is 0. The number of nitrogens with one attached hydrogen (secondary N) is 2. The van der Waals surface area contributed by atoms with Gasteiger partial charge in [-0.15, -0.1) is 13.1 Å². The van der Waals surface area contributed by atoms with Crippen LogP contribution in [0.3, 0.4) is 0 Å². The standard InChI is InChI=1S/C8H16N2.C6H12O7.ClH.Pt/c9-5-7-3-1-2-4-8(7)6-10;7-1-2(8)3(9)4(10)5(11)6(12)13;;/h7-10H,1-6H2;2-5,7-11H,1H2,(H,12,13);1H;/q-2;;;+1/p-1. The van der Waals surface area contributed by atoms with Crippen LogP contribution < -0.4 is 0 Å². The molecule has 0 heterocycles. The summed E-state index contributed by atoms with van der Waals surface area (Å²) in [6.07, 6.45) is -2.85. The first-order chi connectivity index (χ1) is 11.8. The molecule has 25 heavy (non-hydrogen) atoms. The van der Waals surface area contributed by atoms with Crippen LogP contribution in [0.5, 0.6) is 0 Å². The Kier molecular flexibility index (Phi) is 17.9. The molecular weight excluding hydrogens is 539 g/mol. The third-order valence-electron chi connectivity index (χ3n) is 4.10. The van der Waals surface area contributed by atoms with Gasteiger partial charge in [0.2, 0.25) is 0 Å². The van der Waals surface area contributed by atoms with Gasteiger partial charge in [-0.3, -0.25) is 0 Å². The predicted molar refractivity (Wildman–Crippen MR) is 88.4 cm³/mol. The van der Waals surface area contributed by atoms with Gasteiger partial charge in [0.05, 0.1) is 6.61 Å². The molecule has 1 saturated carbocycles. The van der Waals surface area contributed by atoms with Gasteiger partial charge in [-0.05, 0) is 0 Å². The van der Waals surface area contributed by atoms with Gasteiger partial charge in [0.15, 0.2) is 6.10 Å². The van der Waals surface area contributed by atoms with E-state index in [4.69, 9.17) is 42.1 Å². The molecule has 6 atom stereocenters. The van der Waals surface area contributed by atoms with Gasteiger partial charge >= 0.3 is 34.2 Å². The zero-order valence-electron chi connectivity index (χ0n) is 13.7. The second kappa shape index (κ2) is 16.3. The van der Waals surface area contributed by atoms with Crippen molar-refractivity contribution in [1.29, 1.82) is 0 Å². The maximum Gasteiger partial charge on any atom is -0.0519 e. The molecule has 0 aromatic heterocycles. The van der Waals surface area contributed by atoms with Crippen molar-refractivity contribution in [2.24, 2.45) is 11.8 Å². The first-order valence-electron chi connectivity index (χ1n) is 7.77. The Labute approximate surface area is 162 Å². The number of aliphatic hydroxyl groups is 5. The molecule has 0 spiro atoms. The fourth-order valence-corrected chi connectivity index (χ4v) is 2.49. The van der Waals surface area contributed by atoms with Crippen molar-refractivity contribution in [1.82, 2.24) is 0 Å². The van der Waals surface area contributed by atoms with Crippen molar-refractivity contribution in [2.45, 2.75) is 50.1 Å². The molecule has 11 heteroatoms. The van der Waals surface area contributed by atoms with Crippen LogP contribution in [-0.2, 0) is 23.6 Å². The molecule has 1 fully saturated rings. The Morgan fingerprint density at radius 1 is 1.00 bits per heavy atom. The van der Waals surface area contributed by atoms with Crippen LogP contribution in [0.1, 0.15) is 25.7 Å². The first-order valence-corrected chi connectivity index (χ1v) is 10.6. The predicted octanol–water partition coefficient (Wildman–Crippen LogP) is 0.0911. The third kappa shape index (κ3) is 10.8. The molecule has 0 radical (unpaired) electrons. The molecular formula is C14H28ClN2O7Pt-2. The number of carboxylic acid groups (broad SMARTS) is 1. The van der Waals surface area contributed by atoms with E-state index in [1.54, 1.807) is 18.8 Å². The van der Waals surface area contributed by atoms with Gasteiger partial charge in [0.1, 0.15) is 18.3 Å². The number of halogens is 1. The van der Waals surface area contributed by atoms with E-state index in [0.717, 1.165) is 0 Å². The van der Waals surface area contributed by atoms with Crippen LogP contribution in [-0.4, -0.2) is 80.7 Å². The van der Waals surface area contributed by atoms with Gasteiger partial charge in [-0.2, -0.15) is 0 Å². The summed E-state index contributed by atoms with van der Waals surface area (Å²) in [5, 5.41) is 51.8. The largest absolute Gasteiger partial charge is 0.677 e. The number of rotatable bonds is 7. The zero-order valence-corrected chi connectivity index (χ0v) is 16.7. The molecule has 0 aliphatic heterocycles. The molecule has 0 bridgehead atoms. The molecule has 8 N–H and O–H groups in total. The maximum absolute atomic E-state index is 10.1.